The van der Waals surface area contributed by atoms with E-state index in [9.17, 15) is 9.59 Å². The highest BCUT2D eigenvalue weighted by Crippen LogP contribution is 2.46. The minimum absolute atomic E-state index is 0.111. The zero-order chi connectivity index (χ0) is 13.3. The van der Waals surface area contributed by atoms with Crippen LogP contribution in [0.4, 0.5) is 0 Å². The summed E-state index contributed by atoms with van der Waals surface area (Å²) in [6.07, 6.45) is 2.93. The second-order valence-electron chi connectivity index (χ2n) is 5.42. The van der Waals surface area contributed by atoms with Gasteiger partial charge in [-0.1, -0.05) is 19.1 Å². The number of hydrogen-bond donors (Lipinski definition) is 3. The molecule has 18 heavy (non-hydrogen) atoms. The van der Waals surface area contributed by atoms with Crippen LogP contribution < -0.4 is 16.4 Å². The van der Waals surface area contributed by atoms with Crippen LogP contribution >= 0.6 is 12.2 Å². The molecule has 1 saturated heterocycles. The second-order valence-corrected chi connectivity index (χ2v) is 5.86. The molecular formula is C12H19N3O2S. The largest absolute Gasteiger partial charge is 0.392 e. The lowest BCUT2D eigenvalue weighted by Gasteiger charge is -2.44. The van der Waals surface area contributed by atoms with Gasteiger partial charge >= 0.3 is 0 Å². The molecule has 1 atom stereocenters. The minimum Gasteiger partial charge on any atom is -0.392 e. The molecule has 2 rings (SSSR count). The lowest BCUT2D eigenvalue weighted by Crippen LogP contribution is -2.60. The smallest absolute Gasteiger partial charge is 0.242 e. The Labute approximate surface area is 112 Å². The normalized spacial score (nSPS) is 35.3. The van der Waals surface area contributed by atoms with Crippen molar-refractivity contribution in [2.75, 3.05) is 6.54 Å². The van der Waals surface area contributed by atoms with E-state index in [1.54, 1.807) is 0 Å². The Bertz CT molecular complexity index is 391. The van der Waals surface area contributed by atoms with Gasteiger partial charge in [-0.3, -0.25) is 9.59 Å². The number of carbonyl (C=O) groups is 2. The number of hydrogen-bond acceptors (Lipinski definition) is 3. The van der Waals surface area contributed by atoms with Crippen LogP contribution in [0.2, 0.25) is 0 Å². The molecule has 1 unspecified atom stereocenters. The van der Waals surface area contributed by atoms with E-state index < -0.39 is 11.5 Å². The Kier molecular flexibility index (Phi) is 3.56. The number of thiocarbonyl (C=S) groups is 1. The first-order valence-electron chi connectivity index (χ1n) is 6.34. The first kappa shape index (κ1) is 13.3. The molecule has 1 saturated carbocycles. The van der Waals surface area contributed by atoms with E-state index in [1.807, 2.05) is 0 Å². The predicted molar refractivity (Wildman–Crippen MR) is 71.8 cm³/mol. The Morgan fingerprint density at radius 3 is 2.72 bits per heavy atom. The molecule has 0 aromatic heterocycles. The summed E-state index contributed by atoms with van der Waals surface area (Å²) in [7, 11) is 0. The Morgan fingerprint density at radius 2 is 2.22 bits per heavy atom. The van der Waals surface area contributed by atoms with E-state index in [-0.39, 0.29) is 16.8 Å². The van der Waals surface area contributed by atoms with Crippen LogP contribution in [0.25, 0.3) is 0 Å². The number of piperidine rings is 1. The van der Waals surface area contributed by atoms with Gasteiger partial charge in [0, 0.05) is 6.54 Å². The molecule has 0 aromatic carbocycles. The van der Waals surface area contributed by atoms with Crippen LogP contribution in [-0.2, 0) is 9.59 Å². The van der Waals surface area contributed by atoms with Gasteiger partial charge < -0.3 is 16.4 Å². The molecule has 2 aliphatic rings. The molecule has 2 amide bonds. The van der Waals surface area contributed by atoms with Gasteiger partial charge in [0.25, 0.3) is 0 Å². The third-order valence-electron chi connectivity index (χ3n) is 3.89. The number of nitrogens with two attached hydrogens (primary N) is 1. The van der Waals surface area contributed by atoms with Crippen LogP contribution in [0.15, 0.2) is 0 Å². The number of rotatable bonds is 3. The molecule has 6 heteroatoms. The molecule has 0 aromatic rings. The summed E-state index contributed by atoms with van der Waals surface area (Å²) >= 11 is 5.02. The average Bonchev–Trinajstić information content (AvgIpc) is 2.27. The van der Waals surface area contributed by atoms with E-state index in [4.69, 9.17) is 18.0 Å². The van der Waals surface area contributed by atoms with Crippen molar-refractivity contribution in [2.24, 2.45) is 17.1 Å². The summed E-state index contributed by atoms with van der Waals surface area (Å²) in [5.74, 6) is 0.160. The summed E-state index contributed by atoms with van der Waals surface area (Å²) in [6, 6.07) is -0.437. The van der Waals surface area contributed by atoms with Crippen molar-refractivity contribution in [3.05, 3.63) is 0 Å². The standard InChI is InChI=1S/C12H19N3O2S/c1-7-5-12(6-7,10(13)18)11(17)15-8-3-2-4-14-9(8)16/h7-8H,2-6H2,1H3,(H2,13,18)(H,14,16)(H,15,17). The number of nitrogens with one attached hydrogen (secondary N) is 2. The highest BCUT2D eigenvalue weighted by Gasteiger charge is 2.51. The van der Waals surface area contributed by atoms with Crippen LogP contribution in [-0.4, -0.2) is 29.4 Å². The first-order chi connectivity index (χ1) is 8.45. The summed E-state index contributed by atoms with van der Waals surface area (Å²) in [6.45, 7) is 2.75. The molecule has 1 heterocycles. The molecule has 0 spiro atoms. The van der Waals surface area contributed by atoms with Crippen molar-refractivity contribution < 1.29 is 9.59 Å². The zero-order valence-electron chi connectivity index (χ0n) is 10.5. The number of carbonyl (C=O) groups excluding carboxylic acids is 2. The molecule has 0 radical (unpaired) electrons. The van der Waals surface area contributed by atoms with Crippen molar-refractivity contribution in [2.45, 2.75) is 38.6 Å². The van der Waals surface area contributed by atoms with Crippen molar-refractivity contribution >= 4 is 29.0 Å². The predicted octanol–water partition coefficient (Wildman–Crippen LogP) is 0.0836. The van der Waals surface area contributed by atoms with Crippen molar-refractivity contribution in [3.8, 4) is 0 Å². The highest BCUT2D eigenvalue weighted by atomic mass is 32.1. The van der Waals surface area contributed by atoms with Crippen LogP contribution in [0.3, 0.4) is 0 Å². The second kappa shape index (κ2) is 4.84. The van der Waals surface area contributed by atoms with Gasteiger partial charge in [-0.05, 0) is 31.6 Å². The third-order valence-corrected chi connectivity index (χ3v) is 4.28. The van der Waals surface area contributed by atoms with Gasteiger partial charge in [-0.2, -0.15) is 0 Å². The first-order valence-corrected chi connectivity index (χ1v) is 6.75. The Hall–Kier alpha value is -1.17. The van der Waals surface area contributed by atoms with Crippen molar-refractivity contribution in [3.63, 3.8) is 0 Å². The van der Waals surface area contributed by atoms with Crippen molar-refractivity contribution in [1.29, 1.82) is 0 Å². The molecule has 2 fully saturated rings. The quantitative estimate of drug-likeness (QED) is 0.634. The molecular weight excluding hydrogens is 250 g/mol. The summed E-state index contributed by atoms with van der Waals surface area (Å²) < 4.78 is 0. The number of amides is 2. The maximum Gasteiger partial charge on any atom is 0.242 e. The minimum atomic E-state index is -0.730. The van der Waals surface area contributed by atoms with Gasteiger partial charge in [0.1, 0.15) is 6.04 Å². The van der Waals surface area contributed by atoms with Gasteiger partial charge in [0.15, 0.2) is 0 Å². The van der Waals surface area contributed by atoms with E-state index in [1.165, 1.54) is 0 Å². The fraction of sp³-hybridized carbons (Fsp3) is 0.750. The van der Waals surface area contributed by atoms with Gasteiger partial charge in [0.2, 0.25) is 11.8 Å². The monoisotopic (exact) mass is 269 g/mol. The molecule has 100 valence electrons. The van der Waals surface area contributed by atoms with Gasteiger partial charge in [-0.15, -0.1) is 0 Å². The molecule has 5 nitrogen and oxygen atoms in total. The zero-order valence-corrected chi connectivity index (χ0v) is 11.3. The van der Waals surface area contributed by atoms with E-state index >= 15 is 0 Å². The summed E-state index contributed by atoms with van der Waals surface area (Å²) in [5.41, 5.74) is 4.98. The van der Waals surface area contributed by atoms with Gasteiger partial charge in [0.05, 0.1) is 10.4 Å². The summed E-state index contributed by atoms with van der Waals surface area (Å²) in [5, 5.41) is 5.54. The molecule has 1 aliphatic heterocycles. The van der Waals surface area contributed by atoms with Crippen LogP contribution in [0.5, 0.6) is 0 Å². The van der Waals surface area contributed by atoms with E-state index in [0.717, 1.165) is 6.42 Å². The maximum absolute atomic E-state index is 12.3. The molecule has 1 aliphatic carbocycles. The Balaban J connectivity index is 2.02. The van der Waals surface area contributed by atoms with E-state index in [2.05, 4.69) is 17.6 Å². The third kappa shape index (κ3) is 2.21. The lowest BCUT2D eigenvalue weighted by atomic mass is 9.62. The fourth-order valence-electron chi connectivity index (χ4n) is 2.83. The highest BCUT2D eigenvalue weighted by molar-refractivity contribution is 7.80. The van der Waals surface area contributed by atoms with Crippen molar-refractivity contribution in [1.82, 2.24) is 10.6 Å². The Morgan fingerprint density at radius 1 is 1.56 bits per heavy atom. The lowest BCUT2D eigenvalue weighted by molar-refractivity contribution is -0.137. The fourth-order valence-corrected chi connectivity index (χ4v) is 3.09. The maximum atomic E-state index is 12.3. The SMILES string of the molecule is CC1CC(C(=O)NC2CCCNC2=O)(C(N)=S)C1. The average molecular weight is 269 g/mol. The topological polar surface area (TPSA) is 84.2 Å². The van der Waals surface area contributed by atoms with Crippen LogP contribution in [0, 0.1) is 11.3 Å². The molecule has 4 N–H and O–H groups in total. The van der Waals surface area contributed by atoms with Crippen LogP contribution in [0.1, 0.15) is 32.6 Å². The van der Waals surface area contributed by atoms with E-state index in [0.29, 0.717) is 31.7 Å². The summed E-state index contributed by atoms with van der Waals surface area (Å²) in [4.78, 5) is 24.1. The van der Waals surface area contributed by atoms with Gasteiger partial charge in [-0.25, -0.2) is 0 Å². The molecule has 0 bridgehead atoms.